The van der Waals surface area contributed by atoms with Crippen molar-refractivity contribution in [1.29, 1.82) is 0 Å². The van der Waals surface area contributed by atoms with Gasteiger partial charge in [0.1, 0.15) is 4.90 Å². The Bertz CT molecular complexity index is 575. The number of nitrogens with zero attached hydrogens (tertiary/aromatic N) is 1. The van der Waals surface area contributed by atoms with Crippen molar-refractivity contribution in [1.82, 2.24) is 4.31 Å². The molecule has 1 unspecified atom stereocenters. The fourth-order valence-electron chi connectivity index (χ4n) is 1.94. The van der Waals surface area contributed by atoms with Crippen molar-refractivity contribution in [3.8, 4) is 0 Å². The third-order valence-electron chi connectivity index (χ3n) is 3.22. The molecule has 0 radical (unpaired) electrons. The van der Waals surface area contributed by atoms with E-state index < -0.39 is 33.2 Å². The summed E-state index contributed by atoms with van der Waals surface area (Å²) < 4.78 is 53.3. The summed E-state index contributed by atoms with van der Waals surface area (Å²) in [6.45, 7) is 4.74. The number of hydrogen-bond acceptors (Lipinski definition) is 3. The van der Waals surface area contributed by atoms with Gasteiger partial charge >= 0.3 is 0 Å². The van der Waals surface area contributed by atoms with E-state index in [1.807, 2.05) is 6.92 Å². The van der Waals surface area contributed by atoms with Gasteiger partial charge in [-0.15, -0.1) is 0 Å². The molecule has 7 heteroatoms. The first-order chi connectivity index (χ1) is 9.29. The summed E-state index contributed by atoms with van der Waals surface area (Å²) in [5, 5.41) is 9.00. The van der Waals surface area contributed by atoms with E-state index in [0.29, 0.717) is 6.42 Å². The third kappa shape index (κ3) is 3.16. The molecule has 114 valence electrons. The molecule has 0 amide bonds. The molecule has 0 aliphatic carbocycles. The quantitative estimate of drug-likeness (QED) is 0.877. The van der Waals surface area contributed by atoms with Crippen LogP contribution in [0.3, 0.4) is 0 Å². The molecule has 0 fully saturated rings. The smallest absolute Gasteiger partial charge is 0.246 e. The van der Waals surface area contributed by atoms with Gasteiger partial charge in [-0.2, -0.15) is 4.31 Å². The molecule has 0 saturated heterocycles. The number of aliphatic hydroxyl groups excluding tert-OH is 1. The van der Waals surface area contributed by atoms with E-state index >= 15 is 0 Å². The van der Waals surface area contributed by atoms with Crippen LogP contribution in [0, 0.1) is 11.6 Å². The van der Waals surface area contributed by atoms with Gasteiger partial charge in [0.2, 0.25) is 10.0 Å². The SMILES string of the molecule is CCC(C)N(CC)S(=O)(=O)c1cc(CO)cc(F)c1F. The van der Waals surface area contributed by atoms with Gasteiger partial charge in [0, 0.05) is 12.6 Å². The Balaban J connectivity index is 3.45. The average Bonchev–Trinajstić information content (AvgIpc) is 2.41. The van der Waals surface area contributed by atoms with E-state index in [2.05, 4.69) is 0 Å². The van der Waals surface area contributed by atoms with Crippen LogP contribution in [0.2, 0.25) is 0 Å². The molecule has 20 heavy (non-hydrogen) atoms. The summed E-state index contributed by atoms with van der Waals surface area (Å²) in [5.74, 6) is -2.70. The Morgan fingerprint density at radius 3 is 2.35 bits per heavy atom. The van der Waals surface area contributed by atoms with E-state index in [0.717, 1.165) is 16.4 Å². The van der Waals surface area contributed by atoms with E-state index in [-0.39, 0.29) is 18.2 Å². The molecule has 0 aromatic heterocycles. The average molecular weight is 307 g/mol. The van der Waals surface area contributed by atoms with Gasteiger partial charge in [0.15, 0.2) is 11.6 Å². The minimum atomic E-state index is -4.14. The predicted octanol–water partition coefficient (Wildman–Crippen LogP) is 2.27. The van der Waals surface area contributed by atoms with Gasteiger partial charge in [0.05, 0.1) is 6.61 Å². The number of benzene rings is 1. The maximum absolute atomic E-state index is 13.8. The first-order valence-electron chi connectivity index (χ1n) is 6.40. The second-order valence-corrected chi connectivity index (χ2v) is 6.37. The van der Waals surface area contributed by atoms with Crippen LogP contribution in [-0.2, 0) is 16.6 Å². The van der Waals surface area contributed by atoms with Crippen molar-refractivity contribution in [2.45, 2.75) is 44.7 Å². The topological polar surface area (TPSA) is 57.6 Å². The van der Waals surface area contributed by atoms with Gasteiger partial charge in [0.25, 0.3) is 0 Å². The molecule has 1 atom stereocenters. The Hall–Kier alpha value is -1.05. The fraction of sp³-hybridized carbons (Fsp3) is 0.538. The zero-order valence-corrected chi connectivity index (χ0v) is 12.5. The normalized spacial score (nSPS) is 13.8. The number of aliphatic hydroxyl groups is 1. The molecule has 0 bridgehead atoms. The van der Waals surface area contributed by atoms with Crippen LogP contribution in [0.1, 0.15) is 32.8 Å². The molecular weight excluding hydrogens is 288 g/mol. The first-order valence-corrected chi connectivity index (χ1v) is 7.84. The van der Waals surface area contributed by atoms with Gasteiger partial charge in [-0.3, -0.25) is 0 Å². The molecule has 0 spiro atoms. The van der Waals surface area contributed by atoms with Crippen molar-refractivity contribution < 1.29 is 22.3 Å². The molecule has 1 rings (SSSR count). The Kier molecular flexibility index (Phi) is 5.61. The molecule has 1 aromatic rings. The molecular formula is C13H19F2NO3S. The second kappa shape index (κ2) is 6.60. The van der Waals surface area contributed by atoms with E-state index in [1.165, 1.54) is 0 Å². The molecule has 1 N–H and O–H groups in total. The molecule has 1 aromatic carbocycles. The Labute approximate surface area is 118 Å². The highest BCUT2D eigenvalue weighted by molar-refractivity contribution is 7.89. The van der Waals surface area contributed by atoms with Gasteiger partial charge in [-0.1, -0.05) is 13.8 Å². The summed E-state index contributed by atoms with van der Waals surface area (Å²) in [6, 6.07) is 1.43. The lowest BCUT2D eigenvalue weighted by Crippen LogP contribution is -2.38. The van der Waals surface area contributed by atoms with Crippen molar-refractivity contribution in [3.63, 3.8) is 0 Å². The first kappa shape index (κ1) is 17.0. The number of hydrogen-bond donors (Lipinski definition) is 1. The lowest BCUT2D eigenvalue weighted by molar-refractivity contribution is 0.280. The lowest BCUT2D eigenvalue weighted by Gasteiger charge is -2.26. The lowest BCUT2D eigenvalue weighted by atomic mass is 10.2. The van der Waals surface area contributed by atoms with Crippen LogP contribution in [0.25, 0.3) is 0 Å². The molecule has 0 heterocycles. The van der Waals surface area contributed by atoms with Crippen molar-refractivity contribution in [2.24, 2.45) is 0 Å². The molecule has 4 nitrogen and oxygen atoms in total. The maximum atomic E-state index is 13.8. The second-order valence-electron chi connectivity index (χ2n) is 4.51. The van der Waals surface area contributed by atoms with Crippen LogP contribution in [0.15, 0.2) is 17.0 Å². The predicted molar refractivity (Wildman–Crippen MR) is 71.6 cm³/mol. The standard InChI is InChI=1S/C13H19F2NO3S/c1-4-9(3)16(5-2)20(18,19)12-7-10(8-17)6-11(14)13(12)15/h6-7,9,17H,4-5,8H2,1-3H3. The summed E-state index contributed by atoms with van der Waals surface area (Å²) in [7, 11) is -4.14. The number of sulfonamides is 1. The van der Waals surface area contributed by atoms with Gasteiger partial charge in [-0.05, 0) is 31.0 Å². The molecule has 0 aliphatic heterocycles. The Morgan fingerprint density at radius 1 is 1.30 bits per heavy atom. The van der Waals surface area contributed by atoms with Crippen molar-refractivity contribution in [2.75, 3.05) is 6.54 Å². The number of rotatable bonds is 6. The van der Waals surface area contributed by atoms with Gasteiger partial charge < -0.3 is 5.11 Å². The maximum Gasteiger partial charge on any atom is 0.246 e. The molecule has 0 saturated carbocycles. The third-order valence-corrected chi connectivity index (χ3v) is 5.31. The number of halogens is 2. The molecule has 0 aliphatic rings. The zero-order chi connectivity index (χ0) is 15.5. The van der Waals surface area contributed by atoms with Crippen LogP contribution < -0.4 is 0 Å². The fourth-order valence-corrected chi connectivity index (χ4v) is 3.78. The largest absolute Gasteiger partial charge is 0.392 e. The summed E-state index contributed by atoms with van der Waals surface area (Å²) in [5.41, 5.74) is 0.0164. The van der Waals surface area contributed by atoms with Crippen LogP contribution >= 0.6 is 0 Å². The highest BCUT2D eigenvalue weighted by atomic mass is 32.2. The summed E-state index contributed by atoms with van der Waals surface area (Å²) >= 11 is 0. The monoisotopic (exact) mass is 307 g/mol. The van der Waals surface area contributed by atoms with Crippen LogP contribution in [-0.4, -0.2) is 30.4 Å². The highest BCUT2D eigenvalue weighted by Gasteiger charge is 2.31. The summed E-state index contributed by atoms with van der Waals surface area (Å²) in [6.07, 6.45) is 0.552. The van der Waals surface area contributed by atoms with Crippen molar-refractivity contribution in [3.05, 3.63) is 29.3 Å². The minimum absolute atomic E-state index is 0.0164. The minimum Gasteiger partial charge on any atom is -0.392 e. The van der Waals surface area contributed by atoms with E-state index in [9.17, 15) is 17.2 Å². The Morgan fingerprint density at radius 2 is 1.90 bits per heavy atom. The van der Waals surface area contributed by atoms with Crippen LogP contribution in [0.5, 0.6) is 0 Å². The summed E-state index contributed by atoms with van der Waals surface area (Å²) in [4.78, 5) is -0.733. The van der Waals surface area contributed by atoms with E-state index in [1.54, 1.807) is 13.8 Å². The van der Waals surface area contributed by atoms with Crippen LogP contribution in [0.4, 0.5) is 8.78 Å². The zero-order valence-electron chi connectivity index (χ0n) is 11.7. The van der Waals surface area contributed by atoms with Gasteiger partial charge in [-0.25, -0.2) is 17.2 Å². The van der Waals surface area contributed by atoms with Crippen molar-refractivity contribution >= 4 is 10.0 Å². The van der Waals surface area contributed by atoms with E-state index in [4.69, 9.17) is 5.11 Å². The highest BCUT2D eigenvalue weighted by Crippen LogP contribution is 2.25.